The minimum atomic E-state index is -0.122. The molecule has 4 heteroatoms. The molecule has 0 radical (unpaired) electrons. The van der Waals surface area contributed by atoms with Gasteiger partial charge in [-0.15, -0.1) is 0 Å². The van der Waals surface area contributed by atoms with Gasteiger partial charge in [0.15, 0.2) is 0 Å². The van der Waals surface area contributed by atoms with E-state index in [1.807, 2.05) is 25.1 Å². The lowest BCUT2D eigenvalue weighted by molar-refractivity contribution is -0.115. The van der Waals surface area contributed by atoms with Gasteiger partial charge in [-0.1, -0.05) is 12.1 Å². The minimum absolute atomic E-state index is 0.122. The summed E-state index contributed by atoms with van der Waals surface area (Å²) in [5, 5.41) is 11.4. The molecule has 94 valence electrons. The standard InChI is InChI=1S/C15H13N3O/c1-11-6-7-17-14(8-11)18-15(19)9-12-2-4-13(10-16)5-3-12/h2-8H,9H2,1H3,(H,17,18,19). The highest BCUT2D eigenvalue weighted by Gasteiger charge is 2.05. The number of hydrogen-bond donors (Lipinski definition) is 1. The van der Waals surface area contributed by atoms with E-state index in [4.69, 9.17) is 5.26 Å². The Labute approximate surface area is 111 Å². The molecular weight excluding hydrogens is 238 g/mol. The zero-order valence-corrected chi connectivity index (χ0v) is 10.6. The molecule has 1 amide bonds. The summed E-state index contributed by atoms with van der Waals surface area (Å²) in [6, 6.07) is 12.7. The molecular formula is C15H13N3O. The predicted molar refractivity (Wildman–Crippen MR) is 72.5 cm³/mol. The van der Waals surface area contributed by atoms with E-state index >= 15 is 0 Å². The first kappa shape index (κ1) is 12.8. The number of nitriles is 1. The summed E-state index contributed by atoms with van der Waals surface area (Å²) in [6.45, 7) is 1.94. The van der Waals surface area contributed by atoms with Crippen molar-refractivity contribution in [1.82, 2.24) is 4.98 Å². The summed E-state index contributed by atoms with van der Waals surface area (Å²) in [6.07, 6.45) is 1.92. The van der Waals surface area contributed by atoms with Crippen LogP contribution in [-0.2, 0) is 11.2 Å². The van der Waals surface area contributed by atoms with E-state index in [-0.39, 0.29) is 12.3 Å². The molecule has 0 fully saturated rings. The van der Waals surface area contributed by atoms with Crippen molar-refractivity contribution < 1.29 is 4.79 Å². The second-order valence-corrected chi connectivity index (χ2v) is 4.25. The van der Waals surface area contributed by atoms with Gasteiger partial charge >= 0.3 is 0 Å². The minimum Gasteiger partial charge on any atom is -0.310 e. The largest absolute Gasteiger partial charge is 0.310 e. The second kappa shape index (κ2) is 5.78. The third kappa shape index (κ3) is 3.65. The molecule has 2 aromatic rings. The first-order chi connectivity index (χ1) is 9.17. The van der Waals surface area contributed by atoms with Crippen molar-refractivity contribution in [2.24, 2.45) is 0 Å². The SMILES string of the molecule is Cc1ccnc(NC(=O)Cc2ccc(C#N)cc2)c1. The van der Waals surface area contributed by atoms with Gasteiger partial charge in [0.25, 0.3) is 0 Å². The maximum Gasteiger partial charge on any atom is 0.229 e. The van der Waals surface area contributed by atoms with Crippen LogP contribution in [0.2, 0.25) is 0 Å². The number of carbonyl (C=O) groups excluding carboxylic acids is 1. The van der Waals surface area contributed by atoms with Crippen molar-refractivity contribution in [3.63, 3.8) is 0 Å². The van der Waals surface area contributed by atoms with Crippen LogP contribution >= 0.6 is 0 Å². The Morgan fingerprint density at radius 1 is 1.32 bits per heavy atom. The molecule has 2 rings (SSSR count). The molecule has 4 nitrogen and oxygen atoms in total. The average Bonchev–Trinajstić information content (AvgIpc) is 2.39. The number of amides is 1. The van der Waals surface area contributed by atoms with E-state index in [1.54, 1.807) is 30.5 Å². The summed E-state index contributed by atoms with van der Waals surface area (Å²) in [7, 11) is 0. The second-order valence-electron chi connectivity index (χ2n) is 4.25. The molecule has 0 aliphatic carbocycles. The van der Waals surface area contributed by atoms with E-state index in [2.05, 4.69) is 10.3 Å². The number of aryl methyl sites for hydroxylation is 1. The van der Waals surface area contributed by atoms with Crippen molar-refractivity contribution in [1.29, 1.82) is 5.26 Å². The van der Waals surface area contributed by atoms with Crippen LogP contribution < -0.4 is 5.32 Å². The summed E-state index contributed by atoms with van der Waals surface area (Å²) in [5.74, 6) is 0.432. The van der Waals surface area contributed by atoms with Gasteiger partial charge in [0.2, 0.25) is 5.91 Å². The van der Waals surface area contributed by atoms with E-state index in [9.17, 15) is 4.79 Å². The van der Waals surface area contributed by atoms with Crippen LogP contribution in [0, 0.1) is 18.3 Å². The van der Waals surface area contributed by atoms with Gasteiger partial charge in [-0.05, 0) is 42.3 Å². The summed E-state index contributed by atoms with van der Waals surface area (Å²) in [5.41, 5.74) is 2.50. The fourth-order valence-corrected chi connectivity index (χ4v) is 1.67. The lowest BCUT2D eigenvalue weighted by Crippen LogP contribution is -2.15. The molecule has 0 spiro atoms. The highest BCUT2D eigenvalue weighted by molar-refractivity contribution is 5.91. The van der Waals surface area contributed by atoms with E-state index in [0.717, 1.165) is 11.1 Å². The quantitative estimate of drug-likeness (QED) is 0.911. The third-order valence-electron chi connectivity index (χ3n) is 2.63. The zero-order valence-electron chi connectivity index (χ0n) is 10.6. The summed E-state index contributed by atoms with van der Waals surface area (Å²) < 4.78 is 0. The molecule has 0 aliphatic heterocycles. The number of anilines is 1. The number of pyridine rings is 1. The molecule has 1 aromatic carbocycles. The van der Waals surface area contributed by atoms with Gasteiger partial charge in [-0.3, -0.25) is 4.79 Å². The zero-order chi connectivity index (χ0) is 13.7. The molecule has 0 bridgehead atoms. The Morgan fingerprint density at radius 2 is 2.05 bits per heavy atom. The monoisotopic (exact) mass is 251 g/mol. The lowest BCUT2D eigenvalue weighted by Gasteiger charge is -2.05. The van der Waals surface area contributed by atoms with Gasteiger partial charge in [0, 0.05) is 6.20 Å². The maximum atomic E-state index is 11.8. The number of hydrogen-bond acceptors (Lipinski definition) is 3. The summed E-state index contributed by atoms with van der Waals surface area (Å²) >= 11 is 0. The van der Waals surface area contributed by atoms with Crippen LogP contribution in [0.3, 0.4) is 0 Å². The van der Waals surface area contributed by atoms with Crippen LogP contribution in [0.1, 0.15) is 16.7 Å². The van der Waals surface area contributed by atoms with Crippen LogP contribution in [-0.4, -0.2) is 10.9 Å². The van der Waals surface area contributed by atoms with E-state index in [0.29, 0.717) is 11.4 Å². The Kier molecular flexibility index (Phi) is 3.89. The van der Waals surface area contributed by atoms with E-state index in [1.165, 1.54) is 0 Å². The molecule has 0 aliphatic rings. The molecule has 1 aromatic heterocycles. The summed E-state index contributed by atoms with van der Waals surface area (Å²) in [4.78, 5) is 15.9. The lowest BCUT2D eigenvalue weighted by atomic mass is 10.1. The normalized spacial score (nSPS) is 9.68. The number of carbonyl (C=O) groups is 1. The highest BCUT2D eigenvalue weighted by atomic mass is 16.1. The molecule has 0 atom stereocenters. The first-order valence-corrected chi connectivity index (χ1v) is 5.89. The van der Waals surface area contributed by atoms with Gasteiger partial charge in [0.05, 0.1) is 18.1 Å². The van der Waals surface area contributed by atoms with Crippen LogP contribution in [0.5, 0.6) is 0 Å². The van der Waals surface area contributed by atoms with Crippen molar-refractivity contribution in [2.75, 3.05) is 5.32 Å². The Hall–Kier alpha value is -2.67. The van der Waals surface area contributed by atoms with Crippen LogP contribution in [0.4, 0.5) is 5.82 Å². The Balaban J connectivity index is 1.99. The molecule has 1 N–H and O–H groups in total. The van der Waals surface area contributed by atoms with Crippen molar-refractivity contribution >= 4 is 11.7 Å². The van der Waals surface area contributed by atoms with Gasteiger partial charge < -0.3 is 5.32 Å². The van der Waals surface area contributed by atoms with Gasteiger partial charge in [0.1, 0.15) is 5.82 Å². The van der Waals surface area contributed by atoms with Crippen LogP contribution in [0.15, 0.2) is 42.6 Å². The molecule has 0 saturated carbocycles. The number of nitrogens with one attached hydrogen (secondary N) is 1. The third-order valence-corrected chi connectivity index (χ3v) is 2.63. The fourth-order valence-electron chi connectivity index (χ4n) is 1.67. The van der Waals surface area contributed by atoms with Crippen LogP contribution in [0.25, 0.3) is 0 Å². The van der Waals surface area contributed by atoms with E-state index < -0.39 is 0 Å². The Bertz CT molecular complexity index is 627. The number of benzene rings is 1. The molecule has 1 heterocycles. The van der Waals surface area contributed by atoms with Gasteiger partial charge in [-0.2, -0.15) is 5.26 Å². The topological polar surface area (TPSA) is 65.8 Å². The maximum absolute atomic E-state index is 11.8. The van der Waals surface area contributed by atoms with Gasteiger partial charge in [-0.25, -0.2) is 4.98 Å². The smallest absolute Gasteiger partial charge is 0.229 e. The number of nitrogens with zero attached hydrogens (tertiary/aromatic N) is 2. The first-order valence-electron chi connectivity index (χ1n) is 5.89. The molecule has 0 unspecified atom stereocenters. The average molecular weight is 251 g/mol. The number of rotatable bonds is 3. The van der Waals surface area contributed by atoms with Crippen molar-refractivity contribution in [3.05, 3.63) is 59.3 Å². The fraction of sp³-hybridized carbons (Fsp3) is 0.133. The van der Waals surface area contributed by atoms with Crippen molar-refractivity contribution in [3.8, 4) is 6.07 Å². The molecule has 19 heavy (non-hydrogen) atoms. The molecule has 0 saturated heterocycles. The van der Waals surface area contributed by atoms with Crippen molar-refractivity contribution in [2.45, 2.75) is 13.3 Å². The predicted octanol–water partition coefficient (Wildman–Crippen LogP) is 2.44. The number of aromatic nitrogens is 1. The highest BCUT2D eigenvalue weighted by Crippen LogP contribution is 2.08. The Morgan fingerprint density at radius 3 is 2.68 bits per heavy atom.